The van der Waals surface area contributed by atoms with Gasteiger partial charge in [0.25, 0.3) is 11.8 Å². The van der Waals surface area contributed by atoms with Crippen molar-refractivity contribution in [2.45, 2.75) is 6.42 Å². The Labute approximate surface area is 156 Å². The van der Waals surface area contributed by atoms with Gasteiger partial charge in [-0.3, -0.25) is 14.4 Å². The van der Waals surface area contributed by atoms with Crippen LogP contribution in [0.15, 0.2) is 48.5 Å². The number of anilines is 1. The first-order valence-corrected chi connectivity index (χ1v) is 8.24. The molecule has 0 heterocycles. The van der Waals surface area contributed by atoms with Crippen LogP contribution in [-0.2, 0) is 20.7 Å². The van der Waals surface area contributed by atoms with Crippen LogP contribution in [0.25, 0.3) is 0 Å². The number of hydrogen-bond acceptors (Lipinski definition) is 4. The average molecular weight is 375 g/mol. The SMILES string of the molecule is CN(C)C(=O)c1ccc(NC(=O)COC(=O)Cc2ccc(Cl)cc2)cc1. The molecule has 0 aromatic heterocycles. The number of carbonyl (C=O) groups is 3. The molecule has 0 saturated carbocycles. The average Bonchev–Trinajstić information content (AvgIpc) is 2.62. The minimum absolute atomic E-state index is 0.0613. The fourth-order valence-corrected chi connectivity index (χ4v) is 2.24. The highest BCUT2D eigenvalue weighted by Crippen LogP contribution is 2.12. The summed E-state index contributed by atoms with van der Waals surface area (Å²) in [5.41, 5.74) is 1.78. The second-order valence-corrected chi connectivity index (χ2v) is 6.23. The molecule has 0 radical (unpaired) electrons. The van der Waals surface area contributed by atoms with E-state index in [2.05, 4.69) is 5.32 Å². The lowest BCUT2D eigenvalue weighted by molar-refractivity contribution is -0.146. The first-order chi connectivity index (χ1) is 12.3. The van der Waals surface area contributed by atoms with E-state index in [1.807, 2.05) is 0 Å². The van der Waals surface area contributed by atoms with Crippen molar-refractivity contribution < 1.29 is 19.1 Å². The Bertz CT molecular complexity index is 786. The number of esters is 1. The van der Waals surface area contributed by atoms with Gasteiger partial charge in [-0.05, 0) is 42.0 Å². The number of ether oxygens (including phenoxy) is 1. The molecular formula is C19H19ClN2O4. The number of rotatable bonds is 6. The molecule has 2 amide bonds. The summed E-state index contributed by atoms with van der Waals surface area (Å²) in [6.07, 6.45) is 0.0613. The minimum atomic E-state index is -0.505. The molecule has 0 saturated heterocycles. The van der Waals surface area contributed by atoms with Crippen molar-refractivity contribution in [1.82, 2.24) is 4.90 Å². The maximum atomic E-state index is 11.9. The van der Waals surface area contributed by atoms with Crippen molar-refractivity contribution >= 4 is 35.1 Å². The predicted molar refractivity (Wildman–Crippen MR) is 99.2 cm³/mol. The third kappa shape index (κ3) is 5.89. The van der Waals surface area contributed by atoms with Gasteiger partial charge in [0, 0.05) is 30.4 Å². The molecule has 6 nitrogen and oxygen atoms in total. The third-order valence-electron chi connectivity index (χ3n) is 3.45. The highest BCUT2D eigenvalue weighted by Gasteiger charge is 2.10. The zero-order valence-corrected chi connectivity index (χ0v) is 15.2. The second kappa shape index (κ2) is 9.01. The molecule has 7 heteroatoms. The minimum Gasteiger partial charge on any atom is -0.455 e. The Morgan fingerprint density at radius 3 is 2.19 bits per heavy atom. The number of nitrogens with one attached hydrogen (secondary N) is 1. The van der Waals surface area contributed by atoms with Crippen LogP contribution in [0.1, 0.15) is 15.9 Å². The van der Waals surface area contributed by atoms with E-state index in [1.54, 1.807) is 62.6 Å². The van der Waals surface area contributed by atoms with Crippen molar-refractivity contribution in [3.8, 4) is 0 Å². The summed E-state index contributed by atoms with van der Waals surface area (Å²) < 4.78 is 4.96. The first kappa shape index (κ1) is 19.5. The zero-order valence-electron chi connectivity index (χ0n) is 14.5. The van der Waals surface area contributed by atoms with Crippen LogP contribution in [-0.4, -0.2) is 43.4 Å². The van der Waals surface area contributed by atoms with E-state index >= 15 is 0 Å². The van der Waals surface area contributed by atoms with E-state index in [1.165, 1.54) is 4.90 Å². The van der Waals surface area contributed by atoms with E-state index in [0.717, 1.165) is 5.56 Å². The fourth-order valence-electron chi connectivity index (χ4n) is 2.12. The van der Waals surface area contributed by atoms with Crippen molar-refractivity contribution in [3.05, 3.63) is 64.7 Å². The molecule has 0 bridgehead atoms. The molecular weight excluding hydrogens is 356 g/mol. The molecule has 0 aliphatic heterocycles. The molecule has 0 unspecified atom stereocenters. The Morgan fingerprint density at radius 2 is 1.62 bits per heavy atom. The van der Waals surface area contributed by atoms with Crippen LogP contribution in [0, 0.1) is 0 Å². The molecule has 1 N–H and O–H groups in total. The second-order valence-electron chi connectivity index (χ2n) is 5.79. The summed E-state index contributed by atoms with van der Waals surface area (Å²) in [5, 5.41) is 3.19. The van der Waals surface area contributed by atoms with Crippen molar-refractivity contribution in [2.24, 2.45) is 0 Å². The Morgan fingerprint density at radius 1 is 1.00 bits per heavy atom. The summed E-state index contributed by atoms with van der Waals surface area (Å²) in [4.78, 5) is 36.9. The molecule has 0 fully saturated rings. The summed E-state index contributed by atoms with van der Waals surface area (Å²) in [5.74, 6) is -1.09. The Hall–Kier alpha value is -2.86. The maximum absolute atomic E-state index is 11.9. The quantitative estimate of drug-likeness (QED) is 0.789. The van der Waals surface area contributed by atoms with Crippen molar-refractivity contribution in [3.63, 3.8) is 0 Å². The molecule has 0 spiro atoms. The number of amides is 2. The highest BCUT2D eigenvalue weighted by atomic mass is 35.5. The monoisotopic (exact) mass is 374 g/mol. The van der Waals surface area contributed by atoms with Crippen LogP contribution in [0.3, 0.4) is 0 Å². The van der Waals surface area contributed by atoms with Gasteiger partial charge in [-0.2, -0.15) is 0 Å². The van der Waals surface area contributed by atoms with Gasteiger partial charge in [0.05, 0.1) is 6.42 Å². The van der Waals surface area contributed by atoms with E-state index in [-0.39, 0.29) is 18.9 Å². The predicted octanol–water partition coefficient (Wildman–Crippen LogP) is 2.77. The smallest absolute Gasteiger partial charge is 0.310 e. The van der Waals surface area contributed by atoms with Gasteiger partial charge in [-0.25, -0.2) is 0 Å². The largest absolute Gasteiger partial charge is 0.455 e. The molecule has 2 aromatic carbocycles. The number of halogens is 1. The number of hydrogen-bond donors (Lipinski definition) is 1. The van der Waals surface area contributed by atoms with Crippen molar-refractivity contribution in [1.29, 1.82) is 0 Å². The van der Waals surface area contributed by atoms with Crippen LogP contribution in [0.4, 0.5) is 5.69 Å². The molecule has 0 atom stereocenters. The van der Waals surface area contributed by atoms with Crippen LogP contribution >= 0.6 is 11.6 Å². The van der Waals surface area contributed by atoms with Gasteiger partial charge in [0.1, 0.15) is 0 Å². The lowest BCUT2D eigenvalue weighted by Crippen LogP contribution is -2.22. The van der Waals surface area contributed by atoms with Crippen LogP contribution in [0.5, 0.6) is 0 Å². The summed E-state index contributed by atoms with van der Waals surface area (Å²) in [6.45, 7) is -0.384. The van der Waals surface area contributed by atoms with Crippen molar-refractivity contribution in [2.75, 3.05) is 26.0 Å². The van der Waals surface area contributed by atoms with Crippen LogP contribution in [0.2, 0.25) is 5.02 Å². The molecule has 2 rings (SSSR count). The lowest BCUT2D eigenvalue weighted by Gasteiger charge is -2.11. The lowest BCUT2D eigenvalue weighted by atomic mass is 10.1. The zero-order chi connectivity index (χ0) is 19.1. The molecule has 136 valence electrons. The normalized spacial score (nSPS) is 10.1. The molecule has 0 aliphatic rings. The summed E-state index contributed by atoms with van der Waals surface area (Å²) in [7, 11) is 3.33. The standard InChI is InChI=1S/C19H19ClN2O4/c1-22(2)19(25)14-5-9-16(10-6-14)21-17(23)12-26-18(24)11-13-3-7-15(20)8-4-13/h3-10H,11-12H2,1-2H3,(H,21,23). The molecule has 0 aliphatic carbocycles. The summed E-state index contributed by atoms with van der Waals surface area (Å²) >= 11 is 5.78. The fraction of sp³-hybridized carbons (Fsp3) is 0.211. The first-order valence-electron chi connectivity index (χ1n) is 7.87. The highest BCUT2D eigenvalue weighted by molar-refractivity contribution is 6.30. The van der Waals surface area contributed by atoms with E-state index < -0.39 is 11.9 Å². The maximum Gasteiger partial charge on any atom is 0.310 e. The van der Waals surface area contributed by atoms with Gasteiger partial charge in [0.15, 0.2) is 6.61 Å². The van der Waals surface area contributed by atoms with Gasteiger partial charge in [-0.1, -0.05) is 23.7 Å². The van der Waals surface area contributed by atoms with Crippen LogP contribution < -0.4 is 5.32 Å². The Balaban J connectivity index is 1.80. The van der Waals surface area contributed by atoms with Gasteiger partial charge >= 0.3 is 5.97 Å². The Kier molecular flexibility index (Phi) is 6.74. The number of carbonyl (C=O) groups excluding carboxylic acids is 3. The number of nitrogens with zero attached hydrogens (tertiary/aromatic N) is 1. The topological polar surface area (TPSA) is 75.7 Å². The van der Waals surface area contributed by atoms with E-state index in [4.69, 9.17) is 16.3 Å². The summed E-state index contributed by atoms with van der Waals surface area (Å²) in [6, 6.07) is 13.3. The van der Waals surface area contributed by atoms with E-state index in [9.17, 15) is 14.4 Å². The molecule has 2 aromatic rings. The van der Waals surface area contributed by atoms with Gasteiger partial charge in [0.2, 0.25) is 0 Å². The van der Waals surface area contributed by atoms with Gasteiger partial charge in [-0.15, -0.1) is 0 Å². The number of benzene rings is 2. The van der Waals surface area contributed by atoms with Gasteiger partial charge < -0.3 is 15.0 Å². The third-order valence-corrected chi connectivity index (χ3v) is 3.70. The van der Waals surface area contributed by atoms with E-state index in [0.29, 0.717) is 16.3 Å². The molecule has 26 heavy (non-hydrogen) atoms.